The fourth-order valence-electron chi connectivity index (χ4n) is 10.7. The molecule has 5 aromatic rings. The standard InChI is InChI=1S/C57H59ClF6N2O5/c1-65(53(69)70-36-47-45-27-17-15-25-43(45)44-26-16-18-28-46(44)47)50(52(68)66-37-54(59,60)57(63,64)55(61,62)38-66)35-51(67)71-56(41-23-13-10-14-24-41,48-29-19-20-30-49(48)58)42-33-31-40(32-34-42)39-21-11-8-6-4-2-3-5-7-9-12-22-39/h10,13-20,23-34,39,47,50H,2-9,11-12,21-22,35-38H2,1H3/t50-,56?/m0/s1. The third-order valence-corrected chi connectivity index (χ3v) is 14.9. The lowest BCUT2D eigenvalue weighted by Gasteiger charge is -2.44. The quantitative estimate of drug-likeness (QED) is 0.0749. The number of carbonyl (C=O) groups excluding carboxylic acids is 3. The number of amides is 2. The second kappa shape index (κ2) is 21.9. The predicted octanol–water partition coefficient (Wildman–Crippen LogP) is 14.3. The van der Waals surface area contributed by atoms with Crippen LogP contribution in [0.2, 0.25) is 5.02 Å². The van der Waals surface area contributed by atoms with Crippen molar-refractivity contribution in [2.75, 3.05) is 26.7 Å². The molecule has 0 radical (unpaired) electrons. The zero-order chi connectivity index (χ0) is 50.4. The first-order chi connectivity index (χ1) is 34.1. The van der Waals surface area contributed by atoms with Crippen molar-refractivity contribution in [2.24, 2.45) is 0 Å². The second-order valence-corrected chi connectivity index (χ2v) is 19.7. The van der Waals surface area contributed by atoms with Gasteiger partial charge in [-0.25, -0.2) is 4.79 Å². The van der Waals surface area contributed by atoms with Gasteiger partial charge in [0.15, 0.2) is 5.60 Å². The van der Waals surface area contributed by atoms with Gasteiger partial charge in [-0.15, -0.1) is 0 Å². The molecule has 1 aliphatic heterocycles. The van der Waals surface area contributed by atoms with Crippen molar-refractivity contribution in [1.29, 1.82) is 0 Å². The van der Waals surface area contributed by atoms with E-state index in [1.165, 1.54) is 38.5 Å². The molecule has 376 valence electrons. The van der Waals surface area contributed by atoms with Gasteiger partial charge in [0.1, 0.15) is 12.6 Å². The summed E-state index contributed by atoms with van der Waals surface area (Å²) in [6.45, 7) is -4.49. The number of ether oxygens (including phenoxy) is 2. The summed E-state index contributed by atoms with van der Waals surface area (Å²) in [5.41, 5.74) is 4.01. The molecule has 71 heavy (non-hydrogen) atoms. The fourth-order valence-corrected chi connectivity index (χ4v) is 11.0. The molecule has 2 aliphatic carbocycles. The molecule has 1 saturated heterocycles. The number of fused-ring (bicyclic) bond motifs is 3. The summed E-state index contributed by atoms with van der Waals surface area (Å²) < 4.78 is 101. The highest BCUT2D eigenvalue weighted by atomic mass is 35.5. The van der Waals surface area contributed by atoms with Gasteiger partial charge >= 0.3 is 29.8 Å². The van der Waals surface area contributed by atoms with Gasteiger partial charge < -0.3 is 14.4 Å². The van der Waals surface area contributed by atoms with Crippen molar-refractivity contribution in [3.05, 3.63) is 166 Å². The maximum Gasteiger partial charge on any atom is 0.410 e. The van der Waals surface area contributed by atoms with Gasteiger partial charge in [0, 0.05) is 34.7 Å². The molecule has 0 N–H and O–H groups in total. The third kappa shape index (κ3) is 10.7. The first-order valence-corrected chi connectivity index (χ1v) is 25.1. The topological polar surface area (TPSA) is 76.1 Å². The zero-order valence-electron chi connectivity index (χ0n) is 39.8. The Morgan fingerprint density at radius 3 is 1.68 bits per heavy atom. The average molecular weight is 1000 g/mol. The van der Waals surface area contributed by atoms with Gasteiger partial charge in [0.25, 0.3) is 0 Å². The van der Waals surface area contributed by atoms with E-state index in [-0.39, 0.29) is 22.4 Å². The number of esters is 1. The predicted molar refractivity (Wildman–Crippen MR) is 261 cm³/mol. The molecule has 0 aromatic heterocycles. The van der Waals surface area contributed by atoms with Crippen LogP contribution in [-0.2, 0) is 24.7 Å². The smallest absolute Gasteiger partial charge is 0.410 e. The SMILES string of the molecule is CN(C(=O)OCC1c2ccccc2-c2ccccc21)[C@@H](CC(=O)OC(c1ccccc1)(c1ccc(C2CCCCCCCCCCCC2)cc1)c1ccccc1Cl)C(=O)N1CC(F)(F)C(F)(F)C(F)(F)C1. The van der Waals surface area contributed by atoms with Crippen LogP contribution in [0, 0.1) is 0 Å². The number of carbonyl (C=O) groups is 3. The van der Waals surface area contributed by atoms with Gasteiger partial charge in [-0.05, 0) is 52.6 Å². The summed E-state index contributed by atoms with van der Waals surface area (Å²) in [5, 5.41) is 0.200. The van der Waals surface area contributed by atoms with Crippen LogP contribution in [-0.4, -0.2) is 78.3 Å². The maximum absolute atomic E-state index is 15.0. The average Bonchev–Trinajstić information content (AvgIpc) is 3.69. The molecule has 1 saturated carbocycles. The number of likely N-dealkylation sites (N-methyl/N-ethyl adjacent to an activating group) is 1. The highest BCUT2D eigenvalue weighted by Crippen LogP contribution is 2.50. The highest BCUT2D eigenvalue weighted by Gasteiger charge is 2.75. The Balaban J connectivity index is 1.14. The van der Waals surface area contributed by atoms with E-state index in [9.17, 15) is 40.7 Å². The van der Waals surface area contributed by atoms with Crippen LogP contribution < -0.4 is 0 Å². The van der Waals surface area contributed by atoms with Crippen LogP contribution in [0.15, 0.2) is 127 Å². The highest BCUT2D eigenvalue weighted by molar-refractivity contribution is 6.31. The lowest BCUT2D eigenvalue weighted by molar-refractivity contribution is -0.335. The van der Waals surface area contributed by atoms with Crippen LogP contribution in [0.5, 0.6) is 0 Å². The lowest BCUT2D eigenvalue weighted by Crippen LogP contribution is -2.69. The molecule has 1 heterocycles. The van der Waals surface area contributed by atoms with Crippen LogP contribution >= 0.6 is 11.6 Å². The number of benzene rings is 5. The number of hydrogen-bond acceptors (Lipinski definition) is 5. The van der Waals surface area contributed by atoms with Gasteiger partial charge in [-0.3, -0.25) is 14.5 Å². The van der Waals surface area contributed by atoms with Gasteiger partial charge in [0.05, 0.1) is 19.5 Å². The van der Waals surface area contributed by atoms with Crippen LogP contribution in [0.1, 0.15) is 129 Å². The Bertz CT molecular complexity index is 2570. The van der Waals surface area contributed by atoms with E-state index in [2.05, 4.69) is 0 Å². The minimum atomic E-state index is -5.80. The number of alkyl halides is 6. The minimum Gasteiger partial charge on any atom is -0.448 e. The molecule has 8 rings (SSSR count). The number of nitrogens with zero attached hydrogens (tertiary/aromatic N) is 2. The molecular formula is C57H59ClF6N2O5. The van der Waals surface area contributed by atoms with E-state index in [1.807, 2.05) is 72.8 Å². The third-order valence-electron chi connectivity index (χ3n) is 14.6. The molecule has 2 amide bonds. The second-order valence-electron chi connectivity index (χ2n) is 19.2. The number of rotatable bonds is 11. The number of likely N-dealkylation sites (tertiary alicyclic amines) is 1. The Hall–Kier alpha value is -5.82. The van der Waals surface area contributed by atoms with E-state index in [1.54, 1.807) is 54.6 Å². The molecule has 2 atom stereocenters. The van der Waals surface area contributed by atoms with Gasteiger partial charge in [-0.2, -0.15) is 26.3 Å². The van der Waals surface area contributed by atoms with E-state index in [4.69, 9.17) is 21.1 Å². The normalized spacial score (nSPS) is 19.6. The summed E-state index contributed by atoms with van der Waals surface area (Å²) in [6.07, 6.45) is 11.7. The van der Waals surface area contributed by atoms with E-state index in [0.29, 0.717) is 21.6 Å². The Morgan fingerprint density at radius 1 is 0.648 bits per heavy atom. The van der Waals surface area contributed by atoms with E-state index >= 15 is 0 Å². The summed E-state index contributed by atoms with van der Waals surface area (Å²) >= 11 is 7.00. The fraction of sp³-hybridized carbons (Fsp3) is 0.421. The van der Waals surface area contributed by atoms with Gasteiger partial charge in [0.2, 0.25) is 5.91 Å². The van der Waals surface area contributed by atoms with Crippen molar-refractivity contribution in [3.8, 4) is 11.1 Å². The zero-order valence-corrected chi connectivity index (χ0v) is 40.5. The molecular weight excluding hydrogens is 942 g/mol. The van der Waals surface area contributed by atoms with E-state index < -0.39 is 72.8 Å². The summed E-state index contributed by atoms with van der Waals surface area (Å²) in [6, 6.07) is 36.0. The molecule has 3 aliphatic rings. The van der Waals surface area contributed by atoms with Crippen LogP contribution in [0.4, 0.5) is 31.1 Å². The van der Waals surface area contributed by atoms with Crippen molar-refractivity contribution in [2.45, 2.75) is 125 Å². The number of piperidine rings is 1. The molecule has 14 heteroatoms. The first kappa shape index (κ1) is 51.5. The van der Waals surface area contributed by atoms with E-state index in [0.717, 1.165) is 73.4 Å². The van der Waals surface area contributed by atoms with Gasteiger partial charge in [-0.1, -0.05) is 197 Å². The minimum absolute atomic E-state index is 0.135. The molecule has 7 nitrogen and oxygen atoms in total. The Kier molecular flexibility index (Phi) is 15.9. The van der Waals surface area contributed by atoms with Crippen molar-refractivity contribution >= 4 is 29.6 Å². The van der Waals surface area contributed by atoms with Crippen LogP contribution in [0.3, 0.4) is 0 Å². The summed E-state index contributed by atoms with van der Waals surface area (Å²) in [7, 11) is 1.05. The molecule has 5 aromatic carbocycles. The molecule has 1 unspecified atom stereocenters. The maximum atomic E-state index is 15.0. The number of halogens is 7. The van der Waals surface area contributed by atoms with Crippen molar-refractivity contribution in [3.63, 3.8) is 0 Å². The largest absolute Gasteiger partial charge is 0.448 e. The Labute approximate surface area is 416 Å². The number of hydrogen-bond donors (Lipinski definition) is 0. The molecule has 0 bridgehead atoms. The van der Waals surface area contributed by atoms with Crippen molar-refractivity contribution in [1.82, 2.24) is 9.80 Å². The first-order valence-electron chi connectivity index (χ1n) is 24.7. The Morgan fingerprint density at radius 2 is 1.13 bits per heavy atom. The lowest BCUT2D eigenvalue weighted by atomic mass is 9.78. The van der Waals surface area contributed by atoms with Crippen LogP contribution in [0.25, 0.3) is 11.1 Å². The monoisotopic (exact) mass is 1000 g/mol. The molecule has 2 fully saturated rings. The van der Waals surface area contributed by atoms with Crippen molar-refractivity contribution < 1.29 is 50.2 Å². The summed E-state index contributed by atoms with van der Waals surface area (Å²) in [4.78, 5) is 44.0. The summed E-state index contributed by atoms with van der Waals surface area (Å²) in [5.74, 6) is -19.5. The molecule has 0 spiro atoms.